The molecule has 0 fully saturated rings. The first kappa shape index (κ1) is 16.0. The van der Waals surface area contributed by atoms with E-state index in [2.05, 4.69) is 17.3 Å². The largest absolute Gasteiger partial charge is 0.506 e. The van der Waals surface area contributed by atoms with E-state index in [9.17, 15) is 9.90 Å². The highest BCUT2D eigenvalue weighted by atomic mass is 16.5. The number of para-hydroxylation sites is 2. The Balaban J connectivity index is 2.42. The molecule has 0 radical (unpaired) electrons. The van der Waals surface area contributed by atoms with E-state index in [1.807, 2.05) is 13.0 Å². The van der Waals surface area contributed by atoms with Crippen molar-refractivity contribution in [1.82, 2.24) is 15.1 Å². The number of rotatable bonds is 6. The van der Waals surface area contributed by atoms with Crippen LogP contribution in [0.5, 0.6) is 11.5 Å². The molecule has 1 aromatic heterocycles. The smallest absolute Gasteiger partial charge is 0.275 e. The summed E-state index contributed by atoms with van der Waals surface area (Å²) in [6.45, 7) is 4.50. The van der Waals surface area contributed by atoms with E-state index in [-0.39, 0.29) is 5.75 Å². The third-order valence-electron chi connectivity index (χ3n) is 3.53. The Morgan fingerprint density at radius 3 is 2.82 bits per heavy atom. The van der Waals surface area contributed by atoms with Crippen molar-refractivity contribution in [3.63, 3.8) is 0 Å². The van der Waals surface area contributed by atoms with Crippen LogP contribution in [-0.2, 0) is 6.54 Å². The first-order chi connectivity index (χ1) is 10.6. The average molecular weight is 303 g/mol. The van der Waals surface area contributed by atoms with Crippen molar-refractivity contribution in [2.24, 2.45) is 0 Å². The highest BCUT2D eigenvalue weighted by Gasteiger charge is 2.13. The third-order valence-corrected chi connectivity index (χ3v) is 3.53. The van der Waals surface area contributed by atoms with Crippen molar-refractivity contribution in [1.29, 1.82) is 0 Å². The van der Waals surface area contributed by atoms with Crippen LogP contribution in [0.15, 0.2) is 35.1 Å². The summed E-state index contributed by atoms with van der Waals surface area (Å²) in [6.07, 6.45) is 0.965. The van der Waals surface area contributed by atoms with Gasteiger partial charge in [0.15, 0.2) is 0 Å². The van der Waals surface area contributed by atoms with E-state index in [0.717, 1.165) is 6.42 Å². The number of nitrogens with zero attached hydrogens (tertiary/aromatic N) is 2. The van der Waals surface area contributed by atoms with Crippen LogP contribution in [0, 0.1) is 0 Å². The quantitative estimate of drug-likeness (QED) is 0.851. The Morgan fingerprint density at radius 1 is 1.41 bits per heavy atom. The summed E-state index contributed by atoms with van der Waals surface area (Å²) < 4.78 is 6.50. The van der Waals surface area contributed by atoms with Gasteiger partial charge in [-0.2, -0.15) is 9.78 Å². The summed E-state index contributed by atoms with van der Waals surface area (Å²) in [6, 6.07) is 8.60. The highest BCUT2D eigenvalue weighted by Crippen LogP contribution is 2.21. The van der Waals surface area contributed by atoms with Gasteiger partial charge in [-0.3, -0.25) is 4.79 Å². The zero-order chi connectivity index (χ0) is 16.1. The van der Waals surface area contributed by atoms with Gasteiger partial charge in [-0.1, -0.05) is 19.1 Å². The Morgan fingerprint density at radius 2 is 2.14 bits per heavy atom. The first-order valence-electron chi connectivity index (χ1n) is 7.25. The average Bonchev–Trinajstić information content (AvgIpc) is 2.53. The molecule has 6 heteroatoms. The molecule has 0 saturated heterocycles. The fraction of sp³-hybridized carbons (Fsp3) is 0.375. The molecule has 0 saturated carbocycles. The zero-order valence-electron chi connectivity index (χ0n) is 13.0. The van der Waals surface area contributed by atoms with Gasteiger partial charge in [0.1, 0.15) is 22.9 Å². The Kier molecular flexibility index (Phi) is 5.16. The maximum absolute atomic E-state index is 12.1. The second-order valence-electron chi connectivity index (χ2n) is 5.09. The molecule has 0 amide bonds. The van der Waals surface area contributed by atoms with Crippen molar-refractivity contribution >= 4 is 0 Å². The summed E-state index contributed by atoms with van der Waals surface area (Å²) in [5.41, 5.74) is 0.555. The fourth-order valence-electron chi connectivity index (χ4n) is 2.00. The van der Waals surface area contributed by atoms with Gasteiger partial charge in [0.2, 0.25) is 0 Å². The lowest BCUT2D eigenvalue weighted by Gasteiger charge is -2.14. The van der Waals surface area contributed by atoms with Crippen LogP contribution in [0.3, 0.4) is 0 Å². The van der Waals surface area contributed by atoms with Crippen molar-refractivity contribution in [2.45, 2.75) is 32.9 Å². The number of ether oxygens (including phenoxy) is 1. The summed E-state index contributed by atoms with van der Waals surface area (Å²) in [4.78, 5) is 12.1. The molecule has 2 N–H and O–H groups in total. The van der Waals surface area contributed by atoms with E-state index in [1.54, 1.807) is 18.2 Å². The Labute approximate surface area is 129 Å². The predicted molar refractivity (Wildman–Crippen MR) is 84.6 cm³/mol. The molecule has 0 aliphatic carbocycles. The lowest BCUT2D eigenvalue weighted by molar-refractivity contribution is 0.409. The van der Waals surface area contributed by atoms with Gasteiger partial charge < -0.3 is 15.2 Å². The molecule has 2 rings (SSSR count). The maximum atomic E-state index is 12.1. The van der Waals surface area contributed by atoms with Gasteiger partial charge >= 0.3 is 0 Å². The minimum atomic E-state index is -0.408. The van der Waals surface area contributed by atoms with E-state index >= 15 is 0 Å². The van der Waals surface area contributed by atoms with Gasteiger partial charge in [-0.25, -0.2) is 0 Å². The molecule has 0 aliphatic heterocycles. The summed E-state index contributed by atoms with van der Waals surface area (Å²) in [5.74, 6) is 0.440. The molecule has 1 unspecified atom stereocenters. The topological polar surface area (TPSA) is 76.4 Å². The normalized spacial score (nSPS) is 12.1. The number of hydrogen-bond acceptors (Lipinski definition) is 5. The number of hydrogen-bond donors (Lipinski definition) is 2. The maximum Gasteiger partial charge on any atom is 0.275 e. The first-order valence-corrected chi connectivity index (χ1v) is 7.25. The van der Waals surface area contributed by atoms with Gasteiger partial charge in [-0.05, 0) is 25.5 Å². The molecule has 0 spiro atoms. The predicted octanol–water partition coefficient (Wildman–Crippen LogP) is 1.83. The molecule has 0 bridgehead atoms. The van der Waals surface area contributed by atoms with Crippen molar-refractivity contribution in [3.8, 4) is 17.2 Å². The van der Waals surface area contributed by atoms with Crippen LogP contribution in [0.25, 0.3) is 5.69 Å². The molecular formula is C16H21N3O3. The zero-order valence-corrected chi connectivity index (χ0v) is 13.0. The van der Waals surface area contributed by atoms with Crippen molar-refractivity contribution in [3.05, 3.63) is 46.4 Å². The monoisotopic (exact) mass is 303 g/mol. The van der Waals surface area contributed by atoms with Crippen LogP contribution >= 0.6 is 0 Å². The summed E-state index contributed by atoms with van der Waals surface area (Å²) >= 11 is 0. The van der Waals surface area contributed by atoms with E-state index in [1.165, 1.54) is 17.9 Å². The molecule has 0 aliphatic rings. The Bertz CT molecular complexity index is 697. The minimum absolute atomic E-state index is 0.105. The lowest BCUT2D eigenvalue weighted by atomic mass is 10.2. The molecule has 1 heterocycles. The molecule has 22 heavy (non-hydrogen) atoms. The van der Waals surface area contributed by atoms with Crippen LogP contribution < -0.4 is 15.6 Å². The number of aromatic hydroxyl groups is 1. The lowest BCUT2D eigenvalue weighted by Crippen LogP contribution is -2.28. The van der Waals surface area contributed by atoms with E-state index < -0.39 is 5.56 Å². The SMILES string of the molecule is CCC(C)NCc1nn(-c2ccccc2OC)c(=O)cc1O. The standard InChI is InChI=1S/C16H21N3O3/c1-4-11(2)17-10-12-14(20)9-16(21)19(18-12)13-7-5-6-8-15(13)22-3/h5-9,11,17,20H,4,10H2,1-3H3. The molecule has 1 atom stereocenters. The minimum Gasteiger partial charge on any atom is -0.506 e. The molecule has 118 valence electrons. The number of aromatic nitrogens is 2. The van der Waals surface area contributed by atoms with Crippen LogP contribution in [0.1, 0.15) is 26.0 Å². The second-order valence-corrected chi connectivity index (χ2v) is 5.09. The molecule has 2 aromatic rings. The third kappa shape index (κ3) is 3.46. The molecule has 6 nitrogen and oxygen atoms in total. The van der Waals surface area contributed by atoms with Gasteiger partial charge in [0, 0.05) is 18.7 Å². The highest BCUT2D eigenvalue weighted by molar-refractivity contribution is 5.46. The number of nitrogens with one attached hydrogen (secondary N) is 1. The second kappa shape index (κ2) is 7.09. The Hall–Kier alpha value is -2.34. The fourth-order valence-corrected chi connectivity index (χ4v) is 2.00. The summed E-state index contributed by atoms with van der Waals surface area (Å²) in [5, 5.41) is 17.4. The van der Waals surface area contributed by atoms with Gasteiger partial charge in [-0.15, -0.1) is 0 Å². The number of methoxy groups -OCH3 is 1. The molecule has 1 aromatic carbocycles. The van der Waals surface area contributed by atoms with Crippen molar-refractivity contribution < 1.29 is 9.84 Å². The molecular weight excluding hydrogens is 282 g/mol. The summed E-state index contributed by atoms with van der Waals surface area (Å²) in [7, 11) is 1.54. The van der Waals surface area contributed by atoms with E-state index in [4.69, 9.17) is 4.74 Å². The van der Waals surface area contributed by atoms with Gasteiger partial charge in [0.25, 0.3) is 5.56 Å². The van der Waals surface area contributed by atoms with Crippen LogP contribution in [0.2, 0.25) is 0 Å². The van der Waals surface area contributed by atoms with Gasteiger partial charge in [0.05, 0.1) is 7.11 Å². The van der Waals surface area contributed by atoms with E-state index in [0.29, 0.717) is 29.7 Å². The number of benzene rings is 1. The van der Waals surface area contributed by atoms with Crippen LogP contribution in [-0.4, -0.2) is 28.0 Å². The van der Waals surface area contributed by atoms with Crippen LogP contribution in [0.4, 0.5) is 0 Å². The van der Waals surface area contributed by atoms with Crippen molar-refractivity contribution in [2.75, 3.05) is 7.11 Å².